The molecule has 1 heterocycles. The second kappa shape index (κ2) is 14.9. The van der Waals surface area contributed by atoms with Gasteiger partial charge in [-0.15, -0.1) is 0 Å². The Hall–Kier alpha value is -2.83. The summed E-state index contributed by atoms with van der Waals surface area (Å²) in [5.41, 5.74) is 8.87. The van der Waals surface area contributed by atoms with Crippen molar-refractivity contribution in [2.24, 2.45) is 10.9 Å². The van der Waals surface area contributed by atoms with Gasteiger partial charge in [0.15, 0.2) is 0 Å². The molecule has 220 valence electrons. The lowest BCUT2D eigenvalue weighted by atomic mass is 9.72. The van der Waals surface area contributed by atoms with E-state index in [0.29, 0.717) is 32.2 Å². The molecule has 1 aliphatic heterocycles. The molecule has 4 rings (SSSR count). The van der Waals surface area contributed by atoms with Crippen molar-refractivity contribution in [3.63, 3.8) is 0 Å². The van der Waals surface area contributed by atoms with Crippen molar-refractivity contribution >= 4 is 5.71 Å². The Labute approximate surface area is 247 Å². The van der Waals surface area contributed by atoms with Crippen LogP contribution in [0.1, 0.15) is 60.9 Å². The van der Waals surface area contributed by atoms with Crippen LogP contribution in [0.15, 0.2) is 71.7 Å². The zero-order chi connectivity index (χ0) is 29.2. The van der Waals surface area contributed by atoms with Gasteiger partial charge in [-0.1, -0.05) is 73.7 Å². The maximum atomic E-state index is 12.1. The van der Waals surface area contributed by atoms with Crippen LogP contribution in [-0.2, 0) is 28.9 Å². The molecule has 0 aliphatic carbocycles. The second-order valence-electron chi connectivity index (χ2n) is 12.0. The van der Waals surface area contributed by atoms with Crippen LogP contribution in [0.3, 0.4) is 0 Å². The van der Waals surface area contributed by atoms with Crippen molar-refractivity contribution in [3.05, 3.63) is 94.5 Å². The smallest absolute Gasteiger partial charge is 0.0780 e. The molecule has 3 atom stereocenters. The summed E-state index contributed by atoms with van der Waals surface area (Å²) >= 11 is 0. The third-order valence-corrected chi connectivity index (χ3v) is 8.17. The van der Waals surface area contributed by atoms with E-state index in [2.05, 4.69) is 90.9 Å². The van der Waals surface area contributed by atoms with Gasteiger partial charge >= 0.3 is 0 Å². The summed E-state index contributed by atoms with van der Waals surface area (Å²) < 4.78 is 11.1. The van der Waals surface area contributed by atoms with Gasteiger partial charge in [0.1, 0.15) is 0 Å². The summed E-state index contributed by atoms with van der Waals surface area (Å²) in [6, 6.07) is 23.9. The standard InChI is InChI=1S/C36H48N2O3/c1-26(2)38-18-16-31-8-6-7-9-34(31)32-14-15-33(28(4)20-32)35-22-37-19-17-36(35,39)21-29-10-12-30(13-11-29)25-41-24-27(3)23-40-5/h6-15,20,27,35,37,39H,16-19,21-25H2,1-5H3. The fourth-order valence-corrected chi connectivity index (χ4v) is 6.00. The molecule has 0 bridgehead atoms. The van der Waals surface area contributed by atoms with Crippen molar-refractivity contribution in [3.8, 4) is 11.1 Å². The number of aryl methyl sites for hydroxylation is 1. The number of nitrogens with one attached hydrogen (secondary N) is 1. The van der Waals surface area contributed by atoms with Crippen LogP contribution >= 0.6 is 0 Å². The van der Waals surface area contributed by atoms with E-state index in [1.165, 1.54) is 27.8 Å². The maximum Gasteiger partial charge on any atom is 0.0780 e. The molecule has 1 aliphatic rings. The third kappa shape index (κ3) is 8.59. The highest BCUT2D eigenvalue weighted by atomic mass is 16.5. The molecular formula is C36H48N2O3. The van der Waals surface area contributed by atoms with Gasteiger partial charge in [0, 0.05) is 44.2 Å². The van der Waals surface area contributed by atoms with Crippen LogP contribution in [0.25, 0.3) is 11.1 Å². The molecule has 1 fully saturated rings. The predicted molar refractivity (Wildman–Crippen MR) is 170 cm³/mol. The quantitative estimate of drug-likeness (QED) is 0.235. The second-order valence-corrected chi connectivity index (χ2v) is 12.0. The number of rotatable bonds is 13. The van der Waals surface area contributed by atoms with Gasteiger partial charge in [0.2, 0.25) is 0 Å². The molecule has 41 heavy (non-hydrogen) atoms. The zero-order valence-corrected chi connectivity index (χ0v) is 25.6. The lowest BCUT2D eigenvalue weighted by Crippen LogP contribution is -2.50. The molecule has 0 spiro atoms. The molecule has 3 unspecified atom stereocenters. The van der Waals surface area contributed by atoms with Crippen LogP contribution in [-0.4, -0.2) is 56.4 Å². The summed E-state index contributed by atoms with van der Waals surface area (Å²) in [6.07, 6.45) is 2.28. The molecule has 5 heteroatoms. The van der Waals surface area contributed by atoms with E-state index in [9.17, 15) is 5.11 Å². The molecule has 5 nitrogen and oxygen atoms in total. The van der Waals surface area contributed by atoms with Gasteiger partial charge in [-0.25, -0.2) is 0 Å². The van der Waals surface area contributed by atoms with Crippen molar-refractivity contribution in [1.29, 1.82) is 0 Å². The first-order valence-electron chi connectivity index (χ1n) is 15.0. The lowest BCUT2D eigenvalue weighted by molar-refractivity contribution is -0.00994. The molecular weight excluding hydrogens is 508 g/mol. The molecule has 2 N–H and O–H groups in total. The Morgan fingerprint density at radius 3 is 2.54 bits per heavy atom. The molecule has 3 aromatic rings. The number of benzene rings is 3. The van der Waals surface area contributed by atoms with Gasteiger partial charge < -0.3 is 19.9 Å². The summed E-state index contributed by atoms with van der Waals surface area (Å²) in [5, 5.41) is 15.6. The summed E-state index contributed by atoms with van der Waals surface area (Å²) in [6.45, 7) is 12.8. The van der Waals surface area contributed by atoms with E-state index in [0.717, 1.165) is 49.3 Å². The van der Waals surface area contributed by atoms with Gasteiger partial charge in [0.05, 0.1) is 25.4 Å². The number of aliphatic hydroxyl groups is 1. The Morgan fingerprint density at radius 2 is 1.80 bits per heavy atom. The van der Waals surface area contributed by atoms with Gasteiger partial charge in [-0.05, 0) is 79.1 Å². The van der Waals surface area contributed by atoms with Crippen molar-refractivity contribution in [2.45, 2.75) is 65.1 Å². The van der Waals surface area contributed by atoms with Crippen molar-refractivity contribution in [1.82, 2.24) is 5.32 Å². The van der Waals surface area contributed by atoms with Crippen LogP contribution in [0, 0.1) is 12.8 Å². The molecule has 0 saturated carbocycles. The highest BCUT2D eigenvalue weighted by Gasteiger charge is 2.40. The number of ether oxygens (including phenoxy) is 2. The monoisotopic (exact) mass is 556 g/mol. The topological polar surface area (TPSA) is 63.1 Å². The van der Waals surface area contributed by atoms with Crippen molar-refractivity contribution in [2.75, 3.05) is 40.0 Å². The first-order chi connectivity index (χ1) is 19.8. The lowest BCUT2D eigenvalue weighted by Gasteiger charge is -2.41. The van der Waals surface area contributed by atoms with Crippen LogP contribution in [0.4, 0.5) is 0 Å². The van der Waals surface area contributed by atoms with Crippen molar-refractivity contribution < 1.29 is 14.6 Å². The predicted octanol–water partition coefficient (Wildman–Crippen LogP) is 6.54. The highest BCUT2D eigenvalue weighted by Crippen LogP contribution is 2.39. The Bertz CT molecular complexity index is 1280. The van der Waals surface area contributed by atoms with E-state index in [1.807, 2.05) is 13.8 Å². The molecule has 3 aromatic carbocycles. The largest absolute Gasteiger partial charge is 0.389 e. The number of hydrogen-bond acceptors (Lipinski definition) is 5. The first kappa shape index (κ1) is 31.1. The summed E-state index contributed by atoms with van der Waals surface area (Å²) in [7, 11) is 1.72. The van der Waals surface area contributed by atoms with E-state index < -0.39 is 5.60 Å². The number of piperidine rings is 1. The van der Waals surface area contributed by atoms with Gasteiger partial charge in [-0.2, -0.15) is 0 Å². The summed E-state index contributed by atoms with van der Waals surface area (Å²) in [4.78, 5) is 4.60. The number of nitrogens with zero attached hydrogens (tertiary/aromatic N) is 1. The zero-order valence-electron chi connectivity index (χ0n) is 25.6. The maximum absolute atomic E-state index is 12.1. The average molecular weight is 557 g/mol. The normalized spacial score (nSPS) is 19.6. The van der Waals surface area contributed by atoms with Crippen LogP contribution in [0.2, 0.25) is 0 Å². The summed E-state index contributed by atoms with van der Waals surface area (Å²) in [5.74, 6) is 0.398. The first-order valence-corrected chi connectivity index (χ1v) is 15.0. The molecule has 0 aromatic heterocycles. The van der Waals surface area contributed by atoms with Gasteiger partial charge in [0.25, 0.3) is 0 Å². The minimum atomic E-state index is -0.806. The Kier molecular flexibility index (Phi) is 11.3. The van der Waals surface area contributed by atoms with Crippen LogP contribution in [0.5, 0.6) is 0 Å². The SMILES string of the molecule is COCC(C)COCc1ccc(CC2(O)CCNCC2c2ccc(-c3ccccc3CCN=C(C)C)cc2C)cc1. The number of methoxy groups -OCH3 is 1. The molecule has 0 radical (unpaired) electrons. The van der Waals surface area contributed by atoms with E-state index in [-0.39, 0.29) is 5.92 Å². The van der Waals surface area contributed by atoms with Crippen LogP contribution < -0.4 is 5.32 Å². The highest BCUT2D eigenvalue weighted by molar-refractivity contribution is 5.79. The fourth-order valence-electron chi connectivity index (χ4n) is 6.00. The minimum absolute atomic E-state index is 0.0210. The van der Waals surface area contributed by atoms with Gasteiger partial charge in [-0.3, -0.25) is 4.99 Å². The van der Waals surface area contributed by atoms with E-state index in [4.69, 9.17) is 9.47 Å². The van der Waals surface area contributed by atoms with E-state index in [1.54, 1.807) is 7.11 Å². The Morgan fingerprint density at radius 1 is 1.05 bits per heavy atom. The molecule has 0 amide bonds. The molecule has 1 saturated heterocycles. The average Bonchev–Trinajstić information content (AvgIpc) is 2.95. The van der Waals surface area contributed by atoms with E-state index >= 15 is 0 Å². The number of hydrogen-bond donors (Lipinski definition) is 2. The fraction of sp³-hybridized carbons (Fsp3) is 0.472. The Balaban J connectivity index is 1.47. The number of aliphatic imine (C=N–C) groups is 1. The minimum Gasteiger partial charge on any atom is -0.389 e. The third-order valence-electron chi connectivity index (χ3n) is 8.17.